The molecule has 1 saturated heterocycles. The summed E-state index contributed by atoms with van der Waals surface area (Å²) < 4.78 is 5.30. The summed E-state index contributed by atoms with van der Waals surface area (Å²) in [5, 5.41) is 6.66. The van der Waals surface area contributed by atoms with E-state index in [1.807, 2.05) is 14.0 Å². The number of ether oxygens (including phenoxy) is 1. The van der Waals surface area contributed by atoms with Crippen molar-refractivity contribution in [2.24, 2.45) is 10.9 Å². The Hall–Kier alpha value is -0.810. The van der Waals surface area contributed by atoms with Gasteiger partial charge in [-0.2, -0.15) is 0 Å². The molecule has 0 spiro atoms. The number of likely N-dealkylation sites (tertiary alicyclic amines) is 1. The zero-order valence-electron chi connectivity index (χ0n) is 13.5. The van der Waals surface area contributed by atoms with E-state index in [4.69, 9.17) is 4.74 Å². The van der Waals surface area contributed by atoms with Gasteiger partial charge in [-0.05, 0) is 38.8 Å². The second-order valence-electron chi connectivity index (χ2n) is 5.54. The van der Waals surface area contributed by atoms with Crippen LogP contribution in [0.1, 0.15) is 33.1 Å². The van der Waals surface area contributed by atoms with Gasteiger partial charge in [0.25, 0.3) is 0 Å². The maximum Gasteiger partial charge on any atom is 0.191 e. The van der Waals surface area contributed by atoms with Gasteiger partial charge in [0.15, 0.2) is 5.96 Å². The highest BCUT2D eigenvalue weighted by Crippen LogP contribution is 2.10. The molecule has 0 amide bonds. The highest BCUT2D eigenvalue weighted by atomic mass is 16.5. The van der Waals surface area contributed by atoms with Gasteiger partial charge in [-0.25, -0.2) is 0 Å². The molecule has 1 aliphatic heterocycles. The summed E-state index contributed by atoms with van der Waals surface area (Å²) in [5.41, 5.74) is 0. The first-order valence-electron chi connectivity index (χ1n) is 8.00. The number of nitrogens with zero attached hydrogens (tertiary/aromatic N) is 2. The van der Waals surface area contributed by atoms with Crippen LogP contribution in [0.2, 0.25) is 0 Å². The number of aliphatic imine (C=N–C) groups is 1. The van der Waals surface area contributed by atoms with Crippen LogP contribution in [0.4, 0.5) is 0 Å². The van der Waals surface area contributed by atoms with E-state index in [9.17, 15) is 0 Å². The lowest BCUT2D eigenvalue weighted by molar-refractivity contribution is 0.152. The first kappa shape index (κ1) is 17.2. The average molecular weight is 284 g/mol. The molecule has 5 heteroatoms. The topological polar surface area (TPSA) is 48.9 Å². The van der Waals surface area contributed by atoms with Crippen molar-refractivity contribution in [2.75, 3.05) is 53.0 Å². The SMILES string of the molecule is CCOCCNC(=NC)NCC(C)CN1CCCCC1. The molecule has 0 aromatic rings. The van der Waals surface area contributed by atoms with Crippen LogP contribution in [0.5, 0.6) is 0 Å². The van der Waals surface area contributed by atoms with E-state index >= 15 is 0 Å². The van der Waals surface area contributed by atoms with Gasteiger partial charge in [-0.15, -0.1) is 0 Å². The van der Waals surface area contributed by atoms with E-state index in [-0.39, 0.29) is 0 Å². The van der Waals surface area contributed by atoms with Crippen molar-refractivity contribution in [3.63, 3.8) is 0 Å². The van der Waals surface area contributed by atoms with Crippen LogP contribution >= 0.6 is 0 Å². The molecule has 0 aromatic heterocycles. The van der Waals surface area contributed by atoms with Gasteiger partial charge in [-0.1, -0.05) is 13.3 Å². The highest BCUT2D eigenvalue weighted by Gasteiger charge is 2.13. The van der Waals surface area contributed by atoms with Crippen molar-refractivity contribution < 1.29 is 4.74 Å². The Bertz CT molecular complexity index is 265. The van der Waals surface area contributed by atoms with Crippen molar-refractivity contribution >= 4 is 5.96 Å². The predicted molar refractivity (Wildman–Crippen MR) is 85.3 cm³/mol. The number of hydrogen-bond acceptors (Lipinski definition) is 3. The highest BCUT2D eigenvalue weighted by molar-refractivity contribution is 5.79. The summed E-state index contributed by atoms with van der Waals surface area (Å²) in [6.45, 7) is 11.3. The number of rotatable bonds is 8. The molecule has 118 valence electrons. The molecule has 1 heterocycles. The van der Waals surface area contributed by atoms with E-state index in [0.717, 1.165) is 32.3 Å². The summed E-state index contributed by atoms with van der Waals surface area (Å²) in [5.74, 6) is 1.51. The van der Waals surface area contributed by atoms with Crippen LogP contribution in [0.15, 0.2) is 4.99 Å². The minimum atomic E-state index is 0.638. The molecule has 0 radical (unpaired) electrons. The summed E-state index contributed by atoms with van der Waals surface area (Å²) in [7, 11) is 1.81. The second-order valence-corrected chi connectivity index (χ2v) is 5.54. The summed E-state index contributed by atoms with van der Waals surface area (Å²) in [4.78, 5) is 6.81. The first-order chi connectivity index (χ1) is 9.76. The molecular weight excluding hydrogens is 252 g/mol. The van der Waals surface area contributed by atoms with Crippen LogP contribution < -0.4 is 10.6 Å². The zero-order valence-corrected chi connectivity index (χ0v) is 13.5. The number of nitrogens with one attached hydrogen (secondary N) is 2. The fourth-order valence-corrected chi connectivity index (χ4v) is 2.52. The van der Waals surface area contributed by atoms with Crippen LogP contribution in [0.3, 0.4) is 0 Å². The summed E-state index contributed by atoms with van der Waals surface area (Å²) in [6, 6.07) is 0. The molecule has 1 fully saturated rings. The molecule has 1 aliphatic rings. The summed E-state index contributed by atoms with van der Waals surface area (Å²) in [6.07, 6.45) is 4.13. The van der Waals surface area contributed by atoms with E-state index in [1.54, 1.807) is 0 Å². The Labute approximate surface area is 124 Å². The van der Waals surface area contributed by atoms with Crippen LogP contribution in [-0.4, -0.2) is 63.8 Å². The Kier molecular flexibility index (Phi) is 9.41. The maximum absolute atomic E-state index is 5.30. The van der Waals surface area contributed by atoms with Gasteiger partial charge < -0.3 is 20.3 Å². The molecule has 20 heavy (non-hydrogen) atoms. The number of guanidine groups is 1. The van der Waals surface area contributed by atoms with Crippen molar-refractivity contribution in [3.05, 3.63) is 0 Å². The third kappa shape index (κ3) is 7.70. The van der Waals surface area contributed by atoms with Gasteiger partial charge in [-0.3, -0.25) is 4.99 Å². The third-order valence-corrected chi connectivity index (χ3v) is 3.60. The van der Waals surface area contributed by atoms with Crippen molar-refractivity contribution in [1.82, 2.24) is 15.5 Å². The predicted octanol–water partition coefficient (Wildman–Crippen LogP) is 1.31. The average Bonchev–Trinajstić information content (AvgIpc) is 2.47. The smallest absolute Gasteiger partial charge is 0.191 e. The Morgan fingerprint density at radius 3 is 2.65 bits per heavy atom. The van der Waals surface area contributed by atoms with Crippen LogP contribution in [0, 0.1) is 5.92 Å². The lowest BCUT2D eigenvalue weighted by Crippen LogP contribution is -2.43. The van der Waals surface area contributed by atoms with Gasteiger partial charge in [0.05, 0.1) is 6.61 Å². The molecule has 1 atom stereocenters. The minimum absolute atomic E-state index is 0.638. The molecule has 1 unspecified atom stereocenters. The van der Waals surface area contributed by atoms with E-state index < -0.39 is 0 Å². The summed E-state index contributed by atoms with van der Waals surface area (Å²) >= 11 is 0. The molecule has 5 nitrogen and oxygen atoms in total. The van der Waals surface area contributed by atoms with E-state index in [0.29, 0.717) is 5.92 Å². The van der Waals surface area contributed by atoms with E-state index in [2.05, 4.69) is 27.4 Å². The standard InChI is InChI=1S/C15H32N4O/c1-4-20-11-8-17-15(16-3)18-12-14(2)13-19-9-6-5-7-10-19/h14H,4-13H2,1-3H3,(H2,16,17,18). The molecule has 2 N–H and O–H groups in total. The van der Waals surface area contributed by atoms with Gasteiger partial charge in [0.1, 0.15) is 0 Å². The molecule has 0 bridgehead atoms. The van der Waals surface area contributed by atoms with Crippen molar-refractivity contribution in [2.45, 2.75) is 33.1 Å². The van der Waals surface area contributed by atoms with Crippen molar-refractivity contribution in [3.8, 4) is 0 Å². The Balaban J connectivity index is 2.12. The van der Waals surface area contributed by atoms with Crippen molar-refractivity contribution in [1.29, 1.82) is 0 Å². The molecular formula is C15H32N4O. The monoisotopic (exact) mass is 284 g/mol. The molecule has 1 rings (SSSR count). The van der Waals surface area contributed by atoms with Gasteiger partial charge >= 0.3 is 0 Å². The minimum Gasteiger partial charge on any atom is -0.380 e. The van der Waals surface area contributed by atoms with Crippen LogP contribution in [-0.2, 0) is 4.74 Å². The normalized spacial score (nSPS) is 18.9. The quantitative estimate of drug-likeness (QED) is 0.401. The van der Waals surface area contributed by atoms with E-state index in [1.165, 1.54) is 38.9 Å². The van der Waals surface area contributed by atoms with Crippen LogP contribution in [0.25, 0.3) is 0 Å². The fourth-order valence-electron chi connectivity index (χ4n) is 2.52. The second kappa shape index (κ2) is 10.9. The van der Waals surface area contributed by atoms with Gasteiger partial charge in [0.2, 0.25) is 0 Å². The van der Waals surface area contributed by atoms with Gasteiger partial charge in [0, 0.05) is 33.3 Å². The third-order valence-electron chi connectivity index (χ3n) is 3.60. The molecule has 0 saturated carbocycles. The first-order valence-corrected chi connectivity index (χ1v) is 8.00. The fraction of sp³-hybridized carbons (Fsp3) is 0.933. The zero-order chi connectivity index (χ0) is 14.6. The lowest BCUT2D eigenvalue weighted by Gasteiger charge is -2.29. The Morgan fingerprint density at radius 2 is 2.00 bits per heavy atom. The molecule has 0 aliphatic carbocycles. The maximum atomic E-state index is 5.30. The number of piperidine rings is 1. The largest absolute Gasteiger partial charge is 0.380 e. The molecule has 0 aromatic carbocycles. The Morgan fingerprint density at radius 1 is 1.25 bits per heavy atom. The number of hydrogen-bond donors (Lipinski definition) is 2. The lowest BCUT2D eigenvalue weighted by atomic mass is 10.1.